The van der Waals surface area contributed by atoms with Gasteiger partial charge in [0.2, 0.25) is 0 Å². The summed E-state index contributed by atoms with van der Waals surface area (Å²) in [4.78, 5) is 42.7. The van der Waals surface area contributed by atoms with Crippen molar-refractivity contribution < 1.29 is 23.5 Å². The molecule has 0 spiro atoms. The molecule has 0 aromatic heterocycles. The number of carbonyl (C=O) groups excluding carboxylic acids is 3. The SMILES string of the molecule is O=C1C(=Cc2cc(Br)ccc2OCc2cccc(F)c2)C(=O)N(c2ccccc2)C(=O)N1c1ccccc1. The number of benzene rings is 4. The van der Waals surface area contributed by atoms with Gasteiger partial charge in [0.05, 0.1) is 11.4 Å². The maximum atomic E-state index is 13.6. The van der Waals surface area contributed by atoms with Gasteiger partial charge < -0.3 is 4.74 Å². The van der Waals surface area contributed by atoms with E-state index in [1.54, 1.807) is 91.0 Å². The number of imide groups is 2. The van der Waals surface area contributed by atoms with Gasteiger partial charge in [0.15, 0.2) is 0 Å². The first-order chi connectivity index (χ1) is 18.4. The molecule has 0 aliphatic carbocycles. The predicted octanol–water partition coefficient (Wildman–Crippen LogP) is 6.75. The Bertz CT molecular complexity index is 1490. The fraction of sp³-hybridized carbons (Fsp3) is 0.0333. The maximum Gasteiger partial charge on any atom is 0.343 e. The van der Waals surface area contributed by atoms with Crippen LogP contribution >= 0.6 is 15.9 Å². The van der Waals surface area contributed by atoms with E-state index in [1.807, 2.05) is 0 Å². The van der Waals surface area contributed by atoms with Gasteiger partial charge >= 0.3 is 6.03 Å². The van der Waals surface area contributed by atoms with Gasteiger partial charge in [-0.25, -0.2) is 19.0 Å². The minimum Gasteiger partial charge on any atom is -0.488 e. The van der Waals surface area contributed by atoms with Crippen LogP contribution in [0, 0.1) is 5.82 Å². The second kappa shape index (κ2) is 10.8. The summed E-state index contributed by atoms with van der Waals surface area (Å²) in [6.07, 6.45) is 1.41. The molecule has 0 atom stereocenters. The highest BCUT2D eigenvalue weighted by atomic mass is 79.9. The Hall–Kier alpha value is -4.56. The molecule has 1 aliphatic rings. The minimum absolute atomic E-state index is 0.0717. The van der Waals surface area contributed by atoms with Gasteiger partial charge in [0, 0.05) is 10.0 Å². The number of carbonyl (C=O) groups is 3. The van der Waals surface area contributed by atoms with Crippen molar-refractivity contribution in [2.75, 3.05) is 9.80 Å². The van der Waals surface area contributed by atoms with Crippen LogP contribution in [0.4, 0.5) is 20.6 Å². The van der Waals surface area contributed by atoms with Crippen molar-refractivity contribution >= 4 is 51.2 Å². The van der Waals surface area contributed by atoms with Crippen LogP contribution in [-0.4, -0.2) is 17.8 Å². The average Bonchev–Trinajstić information content (AvgIpc) is 2.92. The van der Waals surface area contributed by atoms with Crippen LogP contribution in [0.15, 0.2) is 113 Å². The van der Waals surface area contributed by atoms with E-state index in [4.69, 9.17) is 4.74 Å². The van der Waals surface area contributed by atoms with Crippen LogP contribution in [0.3, 0.4) is 0 Å². The molecular formula is C30H20BrFN2O4. The Labute approximate surface area is 226 Å². The third-order valence-electron chi connectivity index (χ3n) is 5.83. The van der Waals surface area contributed by atoms with E-state index in [1.165, 1.54) is 18.2 Å². The summed E-state index contributed by atoms with van der Waals surface area (Å²) in [5.41, 5.74) is 1.50. The van der Waals surface area contributed by atoms with Crippen molar-refractivity contribution in [1.82, 2.24) is 0 Å². The highest BCUT2D eigenvalue weighted by Gasteiger charge is 2.43. The topological polar surface area (TPSA) is 66.9 Å². The van der Waals surface area contributed by atoms with Crippen LogP contribution in [-0.2, 0) is 16.2 Å². The summed E-state index contributed by atoms with van der Waals surface area (Å²) in [7, 11) is 0. The molecule has 8 heteroatoms. The molecule has 0 saturated carbocycles. The highest BCUT2D eigenvalue weighted by molar-refractivity contribution is 9.10. The van der Waals surface area contributed by atoms with E-state index in [0.29, 0.717) is 32.7 Å². The van der Waals surface area contributed by atoms with E-state index in [-0.39, 0.29) is 18.0 Å². The molecule has 5 rings (SSSR count). The molecule has 0 unspecified atom stereocenters. The van der Waals surface area contributed by atoms with Crippen molar-refractivity contribution in [3.05, 3.63) is 130 Å². The fourth-order valence-electron chi connectivity index (χ4n) is 4.05. The zero-order valence-corrected chi connectivity index (χ0v) is 21.5. The molecule has 1 heterocycles. The number of halogens is 2. The number of barbiturate groups is 1. The first-order valence-corrected chi connectivity index (χ1v) is 12.4. The van der Waals surface area contributed by atoms with Crippen LogP contribution in [0.25, 0.3) is 6.08 Å². The molecule has 0 radical (unpaired) electrons. The molecule has 0 N–H and O–H groups in total. The number of amides is 4. The Kier molecular flexibility index (Phi) is 7.15. The lowest BCUT2D eigenvalue weighted by Gasteiger charge is -2.34. The van der Waals surface area contributed by atoms with E-state index in [2.05, 4.69) is 15.9 Å². The number of urea groups is 1. The smallest absolute Gasteiger partial charge is 0.343 e. The zero-order valence-electron chi connectivity index (χ0n) is 19.9. The number of nitrogens with zero attached hydrogens (tertiary/aromatic N) is 2. The lowest BCUT2D eigenvalue weighted by molar-refractivity contribution is -0.121. The van der Waals surface area contributed by atoms with Crippen molar-refractivity contribution in [3.63, 3.8) is 0 Å². The summed E-state index contributed by atoms with van der Waals surface area (Å²) in [5.74, 6) is -1.52. The molecule has 38 heavy (non-hydrogen) atoms. The molecule has 4 aromatic rings. The molecule has 1 aliphatic heterocycles. The molecule has 1 saturated heterocycles. The molecule has 6 nitrogen and oxygen atoms in total. The number of rotatable bonds is 6. The van der Waals surface area contributed by atoms with Crippen molar-refractivity contribution in [3.8, 4) is 5.75 Å². The van der Waals surface area contributed by atoms with Crippen molar-refractivity contribution in [2.45, 2.75) is 6.61 Å². The number of hydrogen-bond acceptors (Lipinski definition) is 4. The Morgan fingerprint density at radius 3 is 1.92 bits per heavy atom. The van der Waals surface area contributed by atoms with Gasteiger partial charge in [0.25, 0.3) is 11.8 Å². The lowest BCUT2D eigenvalue weighted by atomic mass is 10.0. The molecule has 188 valence electrons. The molecule has 1 fully saturated rings. The standard InChI is InChI=1S/C30H20BrFN2O4/c31-22-14-15-27(38-19-20-8-7-9-23(32)16-20)21(17-22)18-26-28(35)33(24-10-3-1-4-11-24)30(37)34(29(26)36)25-12-5-2-6-13-25/h1-18H,19H2. The Morgan fingerprint density at radius 1 is 0.737 bits per heavy atom. The van der Waals surface area contributed by atoms with E-state index >= 15 is 0 Å². The van der Waals surface area contributed by atoms with Crippen LogP contribution in [0.1, 0.15) is 11.1 Å². The summed E-state index contributed by atoms with van der Waals surface area (Å²) in [6.45, 7) is 0.0717. The maximum absolute atomic E-state index is 13.6. The fourth-order valence-corrected chi connectivity index (χ4v) is 4.42. The monoisotopic (exact) mass is 570 g/mol. The number of para-hydroxylation sites is 2. The number of anilines is 2. The predicted molar refractivity (Wildman–Crippen MR) is 146 cm³/mol. The van der Waals surface area contributed by atoms with Crippen molar-refractivity contribution in [1.29, 1.82) is 0 Å². The van der Waals surface area contributed by atoms with Gasteiger partial charge in [-0.2, -0.15) is 0 Å². The van der Waals surface area contributed by atoms with Crippen LogP contribution in [0.2, 0.25) is 0 Å². The van der Waals surface area contributed by atoms with Gasteiger partial charge in [-0.05, 0) is 66.2 Å². The summed E-state index contributed by atoms with van der Waals surface area (Å²) < 4.78 is 20.3. The highest BCUT2D eigenvalue weighted by Crippen LogP contribution is 2.32. The molecular weight excluding hydrogens is 551 g/mol. The number of ether oxygens (including phenoxy) is 1. The number of hydrogen-bond donors (Lipinski definition) is 0. The van der Waals surface area contributed by atoms with Crippen LogP contribution in [0.5, 0.6) is 5.75 Å². The van der Waals surface area contributed by atoms with E-state index in [0.717, 1.165) is 9.80 Å². The quantitative estimate of drug-likeness (QED) is 0.190. The summed E-state index contributed by atoms with van der Waals surface area (Å²) >= 11 is 3.42. The van der Waals surface area contributed by atoms with Crippen molar-refractivity contribution in [2.24, 2.45) is 0 Å². The van der Waals surface area contributed by atoms with E-state index < -0.39 is 17.8 Å². The third kappa shape index (κ3) is 5.12. The summed E-state index contributed by atoms with van der Waals surface area (Å²) in [5, 5.41) is 0. The molecule has 4 amide bonds. The Balaban J connectivity index is 1.58. The normalized spacial score (nSPS) is 13.6. The molecule has 4 aromatic carbocycles. The van der Waals surface area contributed by atoms with Gasteiger partial charge in [0.1, 0.15) is 23.7 Å². The minimum atomic E-state index is -0.772. The molecule has 0 bridgehead atoms. The van der Waals surface area contributed by atoms with E-state index in [9.17, 15) is 18.8 Å². The van der Waals surface area contributed by atoms with Gasteiger partial charge in [-0.3, -0.25) is 9.59 Å². The first kappa shape index (κ1) is 25.1. The average molecular weight is 571 g/mol. The Morgan fingerprint density at radius 2 is 1.34 bits per heavy atom. The van der Waals surface area contributed by atoms with Gasteiger partial charge in [-0.1, -0.05) is 64.5 Å². The lowest BCUT2D eigenvalue weighted by Crippen LogP contribution is -2.57. The zero-order chi connectivity index (χ0) is 26.6. The summed E-state index contributed by atoms with van der Waals surface area (Å²) in [6, 6.07) is 27.2. The van der Waals surface area contributed by atoms with Crippen LogP contribution < -0.4 is 14.5 Å². The van der Waals surface area contributed by atoms with Gasteiger partial charge in [-0.15, -0.1) is 0 Å². The largest absolute Gasteiger partial charge is 0.488 e. The first-order valence-electron chi connectivity index (χ1n) is 11.6. The second-order valence-electron chi connectivity index (χ2n) is 8.39. The second-order valence-corrected chi connectivity index (χ2v) is 9.31. The third-order valence-corrected chi connectivity index (χ3v) is 6.33.